The van der Waals surface area contributed by atoms with Crippen LogP contribution in [0.3, 0.4) is 0 Å². The molecular formula is C31H41ClN2O5. The zero-order chi connectivity index (χ0) is 27.7. The minimum Gasteiger partial charge on any atom is -0.496 e. The van der Waals surface area contributed by atoms with E-state index in [0.717, 1.165) is 75.6 Å². The molecule has 1 amide bonds. The number of hydrogen-bond acceptors (Lipinski definition) is 6. The van der Waals surface area contributed by atoms with Crippen molar-refractivity contribution in [3.63, 3.8) is 0 Å². The summed E-state index contributed by atoms with van der Waals surface area (Å²) in [5, 5.41) is 16.0. The van der Waals surface area contributed by atoms with Crippen LogP contribution in [0, 0.1) is 5.92 Å². The summed E-state index contributed by atoms with van der Waals surface area (Å²) in [6.45, 7) is 2.29. The Labute approximate surface area is 236 Å². The number of carbonyl (C=O) groups is 2. The molecule has 0 spiro atoms. The number of methoxy groups -OCH3 is 1. The fraction of sp³-hybridized carbons (Fsp3) is 0.548. The maximum absolute atomic E-state index is 13.5. The highest BCUT2D eigenvalue weighted by atomic mass is 35.5. The lowest BCUT2D eigenvalue weighted by molar-refractivity contribution is -0.154. The number of piperidine rings is 1. The van der Waals surface area contributed by atoms with Crippen LogP contribution in [0.1, 0.15) is 74.5 Å². The molecule has 39 heavy (non-hydrogen) atoms. The molecule has 2 fully saturated rings. The average molecular weight is 557 g/mol. The van der Waals surface area contributed by atoms with Gasteiger partial charge in [0.1, 0.15) is 5.75 Å². The zero-order valence-corrected chi connectivity index (χ0v) is 23.7. The van der Waals surface area contributed by atoms with Gasteiger partial charge in [0.15, 0.2) is 0 Å². The van der Waals surface area contributed by atoms with E-state index in [2.05, 4.69) is 28.8 Å². The van der Waals surface area contributed by atoms with Gasteiger partial charge in [0.05, 0.1) is 36.4 Å². The lowest BCUT2D eigenvalue weighted by Crippen LogP contribution is -2.41. The first-order chi connectivity index (χ1) is 18.9. The number of carbonyl (C=O) groups excluding carboxylic acids is 2. The minimum atomic E-state index is -0.574. The first-order valence-electron chi connectivity index (χ1n) is 14.2. The SMILES string of the molecule is COc1cc(NC(=O)CCCc2cccc(C3(C(=O)OCC4CCNCC4)CCCCC3)c2)c(Cl)cc1CO. The number of ether oxygens (including phenoxy) is 2. The maximum Gasteiger partial charge on any atom is 0.316 e. The topological polar surface area (TPSA) is 96.9 Å². The number of aliphatic hydroxyl groups is 1. The van der Waals surface area contributed by atoms with E-state index in [4.69, 9.17) is 21.1 Å². The molecule has 7 nitrogen and oxygen atoms in total. The van der Waals surface area contributed by atoms with Crippen molar-refractivity contribution < 1.29 is 24.2 Å². The monoisotopic (exact) mass is 556 g/mol. The van der Waals surface area contributed by atoms with Gasteiger partial charge in [0.25, 0.3) is 0 Å². The van der Waals surface area contributed by atoms with Crippen LogP contribution in [0.25, 0.3) is 0 Å². The molecule has 2 aliphatic rings. The third-order valence-electron chi connectivity index (χ3n) is 8.17. The fourth-order valence-electron chi connectivity index (χ4n) is 5.84. The zero-order valence-electron chi connectivity index (χ0n) is 22.9. The average Bonchev–Trinajstić information content (AvgIpc) is 2.97. The third-order valence-corrected chi connectivity index (χ3v) is 8.48. The van der Waals surface area contributed by atoms with Crippen molar-refractivity contribution in [2.45, 2.75) is 76.2 Å². The summed E-state index contributed by atoms with van der Waals surface area (Å²) in [5.74, 6) is 0.700. The van der Waals surface area contributed by atoms with Crippen LogP contribution in [0.4, 0.5) is 5.69 Å². The van der Waals surface area contributed by atoms with Crippen LogP contribution in [0.2, 0.25) is 5.02 Å². The van der Waals surface area contributed by atoms with E-state index in [1.165, 1.54) is 7.11 Å². The smallest absolute Gasteiger partial charge is 0.316 e. The van der Waals surface area contributed by atoms with Gasteiger partial charge in [-0.3, -0.25) is 9.59 Å². The second-order valence-corrected chi connectivity index (χ2v) is 11.2. The van der Waals surface area contributed by atoms with Crippen LogP contribution >= 0.6 is 11.6 Å². The molecule has 0 bridgehead atoms. The standard InChI is InChI=1S/C31H41ClN2O5/c1-38-28-19-27(26(32)18-24(28)20-35)34-29(36)10-6-8-22-7-5-9-25(17-22)31(13-3-2-4-14-31)30(37)39-21-23-11-15-33-16-12-23/h5,7,9,17-19,23,33,35H,2-4,6,8,10-16,20-21H2,1H3,(H,34,36). The molecule has 1 saturated carbocycles. The molecule has 0 radical (unpaired) electrons. The predicted molar refractivity (Wildman–Crippen MR) is 153 cm³/mol. The Morgan fingerprint density at radius 2 is 1.90 bits per heavy atom. The van der Waals surface area contributed by atoms with Gasteiger partial charge in [-0.1, -0.05) is 55.1 Å². The van der Waals surface area contributed by atoms with Gasteiger partial charge in [0, 0.05) is 18.1 Å². The van der Waals surface area contributed by atoms with Crippen molar-refractivity contribution >= 4 is 29.2 Å². The van der Waals surface area contributed by atoms with Crippen molar-refractivity contribution in [1.29, 1.82) is 0 Å². The normalized spacial score (nSPS) is 17.4. The van der Waals surface area contributed by atoms with Gasteiger partial charge in [0.2, 0.25) is 5.91 Å². The molecule has 1 heterocycles. The van der Waals surface area contributed by atoms with Gasteiger partial charge in [-0.15, -0.1) is 0 Å². The Morgan fingerprint density at radius 1 is 1.13 bits per heavy atom. The highest BCUT2D eigenvalue weighted by molar-refractivity contribution is 6.33. The highest BCUT2D eigenvalue weighted by Crippen LogP contribution is 2.41. The van der Waals surface area contributed by atoms with E-state index in [1.54, 1.807) is 12.1 Å². The molecular weight excluding hydrogens is 516 g/mol. The van der Waals surface area contributed by atoms with Crippen LogP contribution in [-0.2, 0) is 32.8 Å². The summed E-state index contributed by atoms with van der Waals surface area (Å²) in [5.41, 5.74) is 2.60. The summed E-state index contributed by atoms with van der Waals surface area (Å²) in [6.07, 6.45) is 8.66. The van der Waals surface area contributed by atoms with Gasteiger partial charge >= 0.3 is 5.97 Å². The molecule has 2 aromatic carbocycles. The quantitative estimate of drug-likeness (QED) is 0.314. The number of aryl methyl sites for hydroxylation is 1. The van der Waals surface area contributed by atoms with E-state index in [0.29, 0.717) is 47.4 Å². The summed E-state index contributed by atoms with van der Waals surface area (Å²) < 4.78 is 11.3. The molecule has 8 heteroatoms. The number of rotatable bonds is 11. The number of hydrogen-bond donors (Lipinski definition) is 3. The van der Waals surface area contributed by atoms with Crippen molar-refractivity contribution in [1.82, 2.24) is 5.32 Å². The number of esters is 1. The number of benzene rings is 2. The number of amides is 1. The van der Waals surface area contributed by atoms with Crippen molar-refractivity contribution in [2.24, 2.45) is 5.92 Å². The van der Waals surface area contributed by atoms with Gasteiger partial charge in [-0.05, 0) is 74.7 Å². The molecule has 212 valence electrons. The largest absolute Gasteiger partial charge is 0.496 e. The van der Waals surface area contributed by atoms with E-state index in [9.17, 15) is 14.7 Å². The summed E-state index contributed by atoms with van der Waals surface area (Å²) in [6, 6.07) is 11.5. The van der Waals surface area contributed by atoms with Crippen LogP contribution < -0.4 is 15.4 Å². The van der Waals surface area contributed by atoms with Gasteiger partial charge < -0.3 is 25.2 Å². The Balaban J connectivity index is 1.36. The van der Waals surface area contributed by atoms with Crippen molar-refractivity contribution in [2.75, 3.05) is 32.1 Å². The third kappa shape index (κ3) is 7.53. The molecule has 0 aromatic heterocycles. The Bertz CT molecular complexity index is 1130. The van der Waals surface area contributed by atoms with Crippen LogP contribution in [-0.4, -0.2) is 43.8 Å². The van der Waals surface area contributed by atoms with Gasteiger partial charge in [-0.25, -0.2) is 0 Å². The Morgan fingerprint density at radius 3 is 2.62 bits per heavy atom. The summed E-state index contributed by atoms with van der Waals surface area (Å²) >= 11 is 6.29. The lowest BCUT2D eigenvalue weighted by Gasteiger charge is -2.36. The highest BCUT2D eigenvalue weighted by Gasteiger charge is 2.43. The molecule has 1 aliphatic carbocycles. The van der Waals surface area contributed by atoms with E-state index in [-0.39, 0.29) is 18.5 Å². The summed E-state index contributed by atoms with van der Waals surface area (Å²) in [7, 11) is 1.51. The lowest BCUT2D eigenvalue weighted by atomic mass is 9.69. The van der Waals surface area contributed by atoms with Crippen LogP contribution in [0.5, 0.6) is 5.75 Å². The molecule has 2 aromatic rings. The first kappa shape index (κ1) is 29.4. The van der Waals surface area contributed by atoms with Gasteiger partial charge in [-0.2, -0.15) is 0 Å². The second-order valence-electron chi connectivity index (χ2n) is 10.8. The Kier molecular flexibility index (Phi) is 10.7. The minimum absolute atomic E-state index is 0.0724. The number of anilines is 1. The molecule has 0 unspecified atom stereocenters. The second kappa shape index (κ2) is 14.1. The first-order valence-corrected chi connectivity index (χ1v) is 14.6. The van der Waals surface area contributed by atoms with Crippen molar-refractivity contribution in [3.8, 4) is 5.75 Å². The van der Waals surface area contributed by atoms with Crippen LogP contribution in [0.15, 0.2) is 36.4 Å². The molecule has 4 rings (SSSR count). The predicted octanol–water partition coefficient (Wildman–Crippen LogP) is 5.55. The molecule has 1 saturated heterocycles. The number of nitrogens with one attached hydrogen (secondary N) is 2. The fourth-order valence-corrected chi connectivity index (χ4v) is 6.07. The van der Waals surface area contributed by atoms with E-state index < -0.39 is 5.41 Å². The molecule has 3 N–H and O–H groups in total. The van der Waals surface area contributed by atoms with Crippen molar-refractivity contribution in [3.05, 3.63) is 58.1 Å². The number of halogens is 1. The summed E-state index contributed by atoms with van der Waals surface area (Å²) in [4.78, 5) is 26.2. The maximum atomic E-state index is 13.5. The van der Waals surface area contributed by atoms with E-state index in [1.807, 2.05) is 6.07 Å². The number of aliphatic hydroxyl groups excluding tert-OH is 1. The van der Waals surface area contributed by atoms with E-state index >= 15 is 0 Å². The molecule has 0 atom stereocenters. The molecule has 1 aliphatic heterocycles. The Hall–Kier alpha value is -2.61.